The van der Waals surface area contributed by atoms with Gasteiger partial charge in [-0.3, -0.25) is 9.59 Å². The molecule has 2 aromatic rings. The van der Waals surface area contributed by atoms with E-state index < -0.39 is 28.9 Å². The second-order valence-corrected chi connectivity index (χ2v) is 9.41. The van der Waals surface area contributed by atoms with Crippen LogP contribution in [0.5, 0.6) is 0 Å². The number of carbonyl (C=O) groups is 3. The molecule has 0 saturated carbocycles. The largest absolute Gasteiger partial charge is 0.481 e. The number of rotatable bonds is 10. The lowest BCUT2D eigenvalue weighted by atomic mass is 9.89. The van der Waals surface area contributed by atoms with Crippen LogP contribution in [0.15, 0.2) is 48.5 Å². The molecule has 0 fully saturated rings. The van der Waals surface area contributed by atoms with E-state index in [0.717, 1.165) is 22.3 Å². The topological polar surface area (TPSA) is 114 Å². The number of carboxylic acid groups (broad SMARTS) is 1. The van der Waals surface area contributed by atoms with Gasteiger partial charge in [0.05, 0.1) is 12.0 Å². The highest BCUT2D eigenvalue weighted by molar-refractivity contribution is 5.90. The third kappa shape index (κ3) is 5.39. The molecule has 0 spiro atoms. The molecule has 3 N–H and O–H groups in total. The number of fused-ring (bicyclic) bond motifs is 3. The summed E-state index contributed by atoms with van der Waals surface area (Å²) in [6.45, 7) is 4.90. The SMILES string of the molecule is COCC(C)(NC(=O)OCC1c2ccccc2-c2ccccc21)C(=O)NCCC(C)(C)C(=O)O. The Balaban J connectivity index is 1.63. The highest BCUT2D eigenvalue weighted by Gasteiger charge is 2.37. The number of hydrogen-bond donors (Lipinski definition) is 3. The molecule has 8 heteroatoms. The number of ether oxygens (including phenoxy) is 2. The molecule has 0 bridgehead atoms. The van der Waals surface area contributed by atoms with Crippen molar-refractivity contribution in [2.24, 2.45) is 5.41 Å². The quantitative estimate of drug-likeness (QED) is 0.491. The molecule has 2 amide bonds. The van der Waals surface area contributed by atoms with E-state index >= 15 is 0 Å². The van der Waals surface area contributed by atoms with Crippen LogP contribution in [-0.4, -0.2) is 55.5 Å². The minimum absolute atomic E-state index is 0.0780. The van der Waals surface area contributed by atoms with Gasteiger partial charge in [0.1, 0.15) is 12.1 Å². The summed E-state index contributed by atoms with van der Waals surface area (Å²) in [5.41, 5.74) is 2.07. The van der Waals surface area contributed by atoms with Crippen LogP contribution in [0.3, 0.4) is 0 Å². The summed E-state index contributed by atoms with van der Waals surface area (Å²) in [6, 6.07) is 16.1. The third-order valence-electron chi connectivity index (χ3n) is 6.27. The molecule has 2 aromatic carbocycles. The molecule has 0 aliphatic heterocycles. The van der Waals surface area contributed by atoms with Gasteiger partial charge in [0, 0.05) is 19.6 Å². The molecule has 1 aliphatic rings. The zero-order valence-electron chi connectivity index (χ0n) is 20.0. The molecule has 0 radical (unpaired) electrons. The number of methoxy groups -OCH3 is 1. The molecule has 1 atom stereocenters. The summed E-state index contributed by atoms with van der Waals surface area (Å²) in [5.74, 6) is -1.53. The van der Waals surface area contributed by atoms with Gasteiger partial charge in [-0.25, -0.2) is 4.79 Å². The molecule has 8 nitrogen and oxygen atoms in total. The molecule has 0 saturated heterocycles. The summed E-state index contributed by atoms with van der Waals surface area (Å²) in [4.78, 5) is 36.8. The van der Waals surface area contributed by atoms with Crippen molar-refractivity contribution in [1.29, 1.82) is 0 Å². The lowest BCUT2D eigenvalue weighted by Crippen LogP contribution is -2.60. The number of amides is 2. The molecule has 0 aromatic heterocycles. The Morgan fingerprint density at radius 2 is 1.53 bits per heavy atom. The maximum Gasteiger partial charge on any atom is 0.408 e. The molecule has 34 heavy (non-hydrogen) atoms. The number of alkyl carbamates (subject to hydrolysis) is 1. The highest BCUT2D eigenvalue weighted by atomic mass is 16.5. The van der Waals surface area contributed by atoms with Crippen LogP contribution in [0, 0.1) is 5.41 Å². The fraction of sp³-hybridized carbons (Fsp3) is 0.423. The van der Waals surface area contributed by atoms with E-state index in [1.807, 2.05) is 36.4 Å². The van der Waals surface area contributed by atoms with Crippen LogP contribution in [0.4, 0.5) is 4.79 Å². The fourth-order valence-electron chi connectivity index (χ4n) is 4.10. The Morgan fingerprint density at radius 1 is 0.971 bits per heavy atom. The van der Waals surface area contributed by atoms with Crippen molar-refractivity contribution < 1.29 is 29.0 Å². The molecule has 3 rings (SSSR count). The van der Waals surface area contributed by atoms with Crippen LogP contribution in [-0.2, 0) is 19.1 Å². The van der Waals surface area contributed by atoms with Crippen LogP contribution in [0.1, 0.15) is 44.2 Å². The zero-order valence-corrected chi connectivity index (χ0v) is 20.0. The van der Waals surface area contributed by atoms with Gasteiger partial charge >= 0.3 is 12.1 Å². The van der Waals surface area contributed by atoms with E-state index in [4.69, 9.17) is 9.47 Å². The first kappa shape index (κ1) is 25.2. The van der Waals surface area contributed by atoms with Crippen LogP contribution in [0.25, 0.3) is 11.1 Å². The van der Waals surface area contributed by atoms with Crippen molar-refractivity contribution in [1.82, 2.24) is 10.6 Å². The van der Waals surface area contributed by atoms with Crippen molar-refractivity contribution in [3.05, 3.63) is 59.7 Å². The Labute approximate surface area is 199 Å². The minimum Gasteiger partial charge on any atom is -0.481 e. The van der Waals surface area contributed by atoms with Crippen LogP contribution >= 0.6 is 0 Å². The van der Waals surface area contributed by atoms with E-state index in [1.165, 1.54) is 14.0 Å². The Hall–Kier alpha value is -3.39. The van der Waals surface area contributed by atoms with Crippen molar-refractivity contribution in [2.75, 3.05) is 26.9 Å². The molecule has 1 aliphatic carbocycles. The fourth-order valence-corrected chi connectivity index (χ4v) is 4.10. The summed E-state index contributed by atoms with van der Waals surface area (Å²) in [7, 11) is 1.43. The predicted molar refractivity (Wildman–Crippen MR) is 128 cm³/mol. The number of carbonyl (C=O) groups excluding carboxylic acids is 2. The lowest BCUT2D eigenvalue weighted by Gasteiger charge is -2.29. The minimum atomic E-state index is -1.38. The summed E-state index contributed by atoms with van der Waals surface area (Å²) >= 11 is 0. The second-order valence-electron chi connectivity index (χ2n) is 9.41. The average molecular weight is 469 g/mol. The van der Waals surface area contributed by atoms with E-state index in [9.17, 15) is 19.5 Å². The third-order valence-corrected chi connectivity index (χ3v) is 6.27. The smallest absolute Gasteiger partial charge is 0.408 e. The molecular formula is C26H32N2O6. The number of benzene rings is 2. The van der Waals surface area contributed by atoms with Crippen molar-refractivity contribution in [2.45, 2.75) is 38.6 Å². The standard InChI is InChI=1S/C26H32N2O6/c1-25(2,23(30)31)13-14-27-22(29)26(3,16-33-4)28-24(32)34-15-21-19-11-7-5-9-17(19)18-10-6-8-12-20(18)21/h5-12,21H,13-16H2,1-4H3,(H,27,29)(H,28,32)(H,30,31). The normalized spacial score (nSPS) is 14.5. The maximum absolute atomic E-state index is 12.8. The first-order valence-electron chi connectivity index (χ1n) is 11.2. The zero-order chi connectivity index (χ0) is 24.9. The molecule has 0 heterocycles. The number of nitrogens with one attached hydrogen (secondary N) is 2. The summed E-state index contributed by atoms with van der Waals surface area (Å²) in [6.07, 6.45) is -0.496. The molecular weight excluding hydrogens is 436 g/mol. The van der Waals surface area contributed by atoms with E-state index in [-0.39, 0.29) is 32.1 Å². The van der Waals surface area contributed by atoms with E-state index in [0.29, 0.717) is 0 Å². The van der Waals surface area contributed by atoms with E-state index in [1.54, 1.807) is 13.8 Å². The number of carboxylic acids is 1. The second kappa shape index (κ2) is 10.3. The molecule has 182 valence electrons. The van der Waals surface area contributed by atoms with Gasteiger partial charge < -0.3 is 25.2 Å². The van der Waals surface area contributed by atoms with Crippen molar-refractivity contribution in [3.63, 3.8) is 0 Å². The van der Waals surface area contributed by atoms with Gasteiger partial charge in [-0.2, -0.15) is 0 Å². The monoisotopic (exact) mass is 468 g/mol. The Bertz CT molecular complexity index is 1020. The summed E-state index contributed by atoms with van der Waals surface area (Å²) < 4.78 is 10.7. The Kier molecular flexibility index (Phi) is 7.61. The van der Waals surface area contributed by atoms with Gasteiger partial charge in [0.2, 0.25) is 5.91 Å². The average Bonchev–Trinajstić information content (AvgIpc) is 3.11. The number of hydrogen-bond acceptors (Lipinski definition) is 5. The number of aliphatic carboxylic acids is 1. The van der Waals surface area contributed by atoms with Gasteiger partial charge in [-0.05, 0) is 49.4 Å². The van der Waals surface area contributed by atoms with Gasteiger partial charge in [-0.1, -0.05) is 48.5 Å². The molecule has 1 unspecified atom stereocenters. The van der Waals surface area contributed by atoms with Crippen LogP contribution in [0.2, 0.25) is 0 Å². The first-order chi connectivity index (χ1) is 16.1. The Morgan fingerprint density at radius 3 is 2.06 bits per heavy atom. The van der Waals surface area contributed by atoms with Crippen LogP contribution < -0.4 is 10.6 Å². The predicted octanol–water partition coefficient (Wildman–Crippen LogP) is 3.55. The van der Waals surface area contributed by atoms with Crippen molar-refractivity contribution in [3.8, 4) is 11.1 Å². The van der Waals surface area contributed by atoms with Crippen molar-refractivity contribution >= 4 is 18.0 Å². The van der Waals surface area contributed by atoms with E-state index in [2.05, 4.69) is 22.8 Å². The van der Waals surface area contributed by atoms with Gasteiger partial charge in [0.25, 0.3) is 0 Å². The summed E-state index contributed by atoms with van der Waals surface area (Å²) in [5, 5.41) is 14.6. The lowest BCUT2D eigenvalue weighted by molar-refractivity contribution is -0.147. The maximum atomic E-state index is 12.8. The first-order valence-corrected chi connectivity index (χ1v) is 11.2. The van der Waals surface area contributed by atoms with Gasteiger partial charge in [0.15, 0.2) is 0 Å². The highest BCUT2D eigenvalue weighted by Crippen LogP contribution is 2.44. The van der Waals surface area contributed by atoms with Gasteiger partial charge in [-0.15, -0.1) is 0 Å².